The predicted molar refractivity (Wildman–Crippen MR) is 66.5 cm³/mol. The van der Waals surface area contributed by atoms with Crippen LogP contribution in [0.25, 0.3) is 0 Å². The van der Waals surface area contributed by atoms with Crippen LogP contribution in [0.2, 0.25) is 0 Å². The molecule has 1 atom stereocenters. The molecule has 0 saturated heterocycles. The highest BCUT2D eigenvalue weighted by Crippen LogP contribution is 2.24. The van der Waals surface area contributed by atoms with Gasteiger partial charge in [0.25, 0.3) is 0 Å². The molecule has 0 radical (unpaired) electrons. The molecule has 0 aliphatic heterocycles. The number of nitrogens with one attached hydrogen (secondary N) is 1. The van der Waals surface area contributed by atoms with Gasteiger partial charge in [-0.25, -0.2) is 0 Å². The highest BCUT2D eigenvalue weighted by molar-refractivity contribution is 4.83. The Labute approximate surface area is 99.6 Å². The second kappa shape index (κ2) is 6.58. The molecule has 3 heteroatoms. The summed E-state index contributed by atoms with van der Waals surface area (Å²) in [5.41, 5.74) is -0.299. The zero-order chi connectivity index (χ0) is 12.0. The highest BCUT2D eigenvalue weighted by atomic mass is 16.5. The van der Waals surface area contributed by atoms with Crippen LogP contribution >= 0.6 is 0 Å². The summed E-state index contributed by atoms with van der Waals surface area (Å²) >= 11 is 0. The maximum atomic E-state index is 9.38. The van der Waals surface area contributed by atoms with Crippen LogP contribution in [0, 0.1) is 5.92 Å². The lowest BCUT2D eigenvalue weighted by Crippen LogP contribution is -2.52. The summed E-state index contributed by atoms with van der Waals surface area (Å²) in [7, 11) is 0. The van der Waals surface area contributed by atoms with Gasteiger partial charge in [-0.3, -0.25) is 0 Å². The first kappa shape index (κ1) is 13.9. The molecular weight excluding hydrogens is 202 g/mol. The van der Waals surface area contributed by atoms with E-state index in [9.17, 15) is 5.11 Å². The van der Waals surface area contributed by atoms with Crippen molar-refractivity contribution in [3.8, 4) is 0 Å². The number of aliphatic hydroxyl groups is 1. The summed E-state index contributed by atoms with van der Waals surface area (Å²) in [5, 5.41) is 12.7. The van der Waals surface area contributed by atoms with Crippen molar-refractivity contribution in [2.75, 3.05) is 19.8 Å². The maximum absolute atomic E-state index is 9.38. The van der Waals surface area contributed by atoms with Gasteiger partial charge in [0.05, 0.1) is 18.8 Å². The Morgan fingerprint density at radius 3 is 2.50 bits per heavy atom. The molecule has 0 bridgehead atoms. The summed E-state index contributed by atoms with van der Waals surface area (Å²) in [6.45, 7) is 7.76. The molecule has 1 aliphatic rings. The summed E-state index contributed by atoms with van der Waals surface area (Å²) in [6, 6.07) is 0.368. The molecule has 1 fully saturated rings. The molecule has 96 valence electrons. The van der Waals surface area contributed by atoms with Crippen molar-refractivity contribution in [1.82, 2.24) is 5.32 Å². The smallest absolute Gasteiger partial charge is 0.0668 e. The standard InChI is InChI=1S/C13H27NO2/c1-11(2)14-13(3,9-15)10-16-8-12-6-4-5-7-12/h11-12,14-15H,4-10H2,1-3H3. The Morgan fingerprint density at radius 2 is 2.00 bits per heavy atom. The predicted octanol–water partition coefficient (Wildman–Crippen LogP) is 1.94. The van der Waals surface area contributed by atoms with Gasteiger partial charge in [0.15, 0.2) is 0 Å². The molecule has 16 heavy (non-hydrogen) atoms. The van der Waals surface area contributed by atoms with E-state index in [4.69, 9.17) is 4.74 Å². The van der Waals surface area contributed by atoms with Crippen LogP contribution in [0.5, 0.6) is 0 Å². The van der Waals surface area contributed by atoms with Crippen molar-refractivity contribution in [1.29, 1.82) is 0 Å². The maximum Gasteiger partial charge on any atom is 0.0668 e. The quantitative estimate of drug-likeness (QED) is 0.701. The average molecular weight is 229 g/mol. The van der Waals surface area contributed by atoms with Gasteiger partial charge in [-0.15, -0.1) is 0 Å². The van der Waals surface area contributed by atoms with Crippen LogP contribution in [0.15, 0.2) is 0 Å². The minimum atomic E-state index is -0.299. The Balaban J connectivity index is 2.21. The lowest BCUT2D eigenvalue weighted by Gasteiger charge is -2.31. The summed E-state index contributed by atoms with van der Waals surface area (Å²) in [6.07, 6.45) is 5.34. The van der Waals surface area contributed by atoms with Crippen molar-refractivity contribution >= 4 is 0 Å². The van der Waals surface area contributed by atoms with E-state index in [0.29, 0.717) is 12.6 Å². The number of aliphatic hydroxyl groups excluding tert-OH is 1. The van der Waals surface area contributed by atoms with Crippen molar-refractivity contribution < 1.29 is 9.84 Å². The molecule has 3 nitrogen and oxygen atoms in total. The molecule has 2 N–H and O–H groups in total. The van der Waals surface area contributed by atoms with E-state index >= 15 is 0 Å². The Hall–Kier alpha value is -0.120. The fraction of sp³-hybridized carbons (Fsp3) is 1.00. The van der Waals surface area contributed by atoms with Gasteiger partial charge in [-0.1, -0.05) is 26.7 Å². The van der Waals surface area contributed by atoms with Crippen molar-refractivity contribution in [2.24, 2.45) is 5.92 Å². The molecule has 0 aromatic carbocycles. The van der Waals surface area contributed by atoms with Gasteiger partial charge >= 0.3 is 0 Å². The topological polar surface area (TPSA) is 41.5 Å². The van der Waals surface area contributed by atoms with E-state index in [1.807, 2.05) is 6.92 Å². The van der Waals surface area contributed by atoms with Crippen LogP contribution in [-0.4, -0.2) is 36.5 Å². The minimum absolute atomic E-state index is 0.121. The normalized spacial score (nSPS) is 21.6. The third-order valence-corrected chi connectivity index (χ3v) is 3.24. The van der Waals surface area contributed by atoms with Gasteiger partial charge in [0.1, 0.15) is 0 Å². The Morgan fingerprint density at radius 1 is 1.38 bits per heavy atom. The van der Waals surface area contributed by atoms with Crippen LogP contribution in [0.4, 0.5) is 0 Å². The van der Waals surface area contributed by atoms with Gasteiger partial charge < -0.3 is 15.2 Å². The van der Waals surface area contributed by atoms with E-state index in [0.717, 1.165) is 12.5 Å². The molecule has 1 rings (SSSR count). The Kier molecular flexibility index (Phi) is 5.73. The lowest BCUT2D eigenvalue weighted by molar-refractivity contribution is 0.0253. The van der Waals surface area contributed by atoms with E-state index in [1.54, 1.807) is 0 Å². The van der Waals surface area contributed by atoms with E-state index in [2.05, 4.69) is 19.2 Å². The van der Waals surface area contributed by atoms with Gasteiger partial charge in [0.2, 0.25) is 0 Å². The zero-order valence-electron chi connectivity index (χ0n) is 11.0. The third kappa shape index (κ3) is 4.81. The summed E-state index contributed by atoms with van der Waals surface area (Å²) < 4.78 is 5.75. The molecule has 0 amide bonds. The third-order valence-electron chi connectivity index (χ3n) is 3.24. The number of hydrogen-bond acceptors (Lipinski definition) is 3. The average Bonchev–Trinajstić information content (AvgIpc) is 2.69. The molecular formula is C13H27NO2. The van der Waals surface area contributed by atoms with Crippen LogP contribution in [-0.2, 0) is 4.74 Å². The van der Waals surface area contributed by atoms with Crippen LogP contribution in [0.1, 0.15) is 46.5 Å². The molecule has 1 unspecified atom stereocenters. The van der Waals surface area contributed by atoms with Crippen molar-refractivity contribution in [3.63, 3.8) is 0 Å². The molecule has 0 aromatic heterocycles. The van der Waals surface area contributed by atoms with Gasteiger partial charge in [-0.2, -0.15) is 0 Å². The fourth-order valence-corrected chi connectivity index (χ4v) is 2.46. The highest BCUT2D eigenvalue weighted by Gasteiger charge is 2.25. The molecule has 0 aromatic rings. The zero-order valence-corrected chi connectivity index (χ0v) is 11.0. The summed E-state index contributed by atoms with van der Waals surface area (Å²) in [4.78, 5) is 0. The lowest BCUT2D eigenvalue weighted by atomic mass is 10.0. The number of ether oxygens (including phenoxy) is 1. The van der Waals surface area contributed by atoms with Crippen LogP contribution in [0.3, 0.4) is 0 Å². The second-order valence-electron chi connectivity index (χ2n) is 5.68. The van der Waals surface area contributed by atoms with E-state index < -0.39 is 0 Å². The number of rotatable bonds is 7. The van der Waals surface area contributed by atoms with E-state index in [-0.39, 0.29) is 12.1 Å². The fourth-order valence-electron chi connectivity index (χ4n) is 2.46. The molecule has 1 saturated carbocycles. The van der Waals surface area contributed by atoms with Crippen LogP contribution < -0.4 is 5.32 Å². The minimum Gasteiger partial charge on any atom is -0.394 e. The number of hydrogen-bond donors (Lipinski definition) is 2. The van der Waals surface area contributed by atoms with Crippen molar-refractivity contribution in [2.45, 2.75) is 58.0 Å². The second-order valence-corrected chi connectivity index (χ2v) is 5.68. The van der Waals surface area contributed by atoms with Gasteiger partial charge in [-0.05, 0) is 25.7 Å². The van der Waals surface area contributed by atoms with E-state index in [1.165, 1.54) is 25.7 Å². The first-order valence-electron chi connectivity index (χ1n) is 6.52. The largest absolute Gasteiger partial charge is 0.394 e. The molecule has 1 aliphatic carbocycles. The van der Waals surface area contributed by atoms with Gasteiger partial charge in [0, 0.05) is 12.6 Å². The van der Waals surface area contributed by atoms with Crippen molar-refractivity contribution in [3.05, 3.63) is 0 Å². The first-order valence-corrected chi connectivity index (χ1v) is 6.52. The Bertz CT molecular complexity index is 190. The first-order chi connectivity index (χ1) is 7.56. The monoisotopic (exact) mass is 229 g/mol. The SMILES string of the molecule is CC(C)NC(C)(CO)COCC1CCCC1. The summed E-state index contributed by atoms with van der Waals surface area (Å²) in [5.74, 6) is 0.752. The molecule has 0 heterocycles. The molecule has 0 spiro atoms.